The molecule has 0 aromatic heterocycles. The monoisotopic (exact) mass is 290 g/mol. The zero-order valence-electron chi connectivity index (χ0n) is 14.6. The average Bonchev–Trinajstić information content (AvgIpc) is 2.44. The van der Waals surface area contributed by atoms with Gasteiger partial charge in [-0.1, -0.05) is 90.1 Å². The molecule has 0 N–H and O–H groups in total. The van der Waals surface area contributed by atoms with E-state index in [4.69, 9.17) is 0 Å². The van der Waals surface area contributed by atoms with Crippen LogP contribution in [-0.2, 0) is 10.8 Å². The molecule has 0 saturated heterocycles. The maximum atomic E-state index is 2.37. The van der Waals surface area contributed by atoms with Crippen molar-refractivity contribution in [3.63, 3.8) is 0 Å². The standard InChI is InChI=1S/C22H26/c1-21(2,3)17-11-12-19-16(13-17)8-7-15-9-10-18(14-20(15)19)22(4,5)6/h7-14H,1-6H3. The summed E-state index contributed by atoms with van der Waals surface area (Å²) in [4.78, 5) is 0. The molecule has 22 heavy (non-hydrogen) atoms. The van der Waals surface area contributed by atoms with Crippen LogP contribution in [0.4, 0.5) is 0 Å². The van der Waals surface area contributed by atoms with Gasteiger partial charge in [0, 0.05) is 0 Å². The van der Waals surface area contributed by atoms with E-state index >= 15 is 0 Å². The second-order valence-corrected chi connectivity index (χ2v) is 8.44. The molecule has 0 spiro atoms. The predicted molar refractivity (Wildman–Crippen MR) is 98.9 cm³/mol. The van der Waals surface area contributed by atoms with Gasteiger partial charge in [-0.05, 0) is 43.5 Å². The Morgan fingerprint density at radius 2 is 1.00 bits per heavy atom. The molecule has 0 amide bonds. The molecule has 0 aliphatic rings. The van der Waals surface area contributed by atoms with Crippen molar-refractivity contribution in [2.24, 2.45) is 0 Å². The van der Waals surface area contributed by atoms with Crippen LogP contribution in [0, 0.1) is 0 Å². The first-order valence-electron chi connectivity index (χ1n) is 8.14. The lowest BCUT2D eigenvalue weighted by atomic mass is 9.83. The van der Waals surface area contributed by atoms with E-state index in [2.05, 4.69) is 90.1 Å². The Bertz CT molecular complexity index is 839. The summed E-state index contributed by atoms with van der Waals surface area (Å²) < 4.78 is 0. The molecule has 3 aromatic rings. The number of fused-ring (bicyclic) bond motifs is 3. The lowest BCUT2D eigenvalue weighted by Gasteiger charge is -2.21. The van der Waals surface area contributed by atoms with Crippen LogP contribution in [0.15, 0.2) is 48.5 Å². The van der Waals surface area contributed by atoms with Gasteiger partial charge in [0.1, 0.15) is 0 Å². The second-order valence-electron chi connectivity index (χ2n) is 8.44. The zero-order chi connectivity index (χ0) is 16.1. The van der Waals surface area contributed by atoms with Crippen molar-refractivity contribution in [3.8, 4) is 0 Å². The van der Waals surface area contributed by atoms with Crippen LogP contribution in [0.1, 0.15) is 52.7 Å². The summed E-state index contributed by atoms with van der Waals surface area (Å²) in [5.74, 6) is 0. The fourth-order valence-corrected chi connectivity index (χ4v) is 2.99. The third-order valence-electron chi connectivity index (χ3n) is 4.57. The summed E-state index contributed by atoms with van der Waals surface area (Å²) in [5, 5.41) is 5.39. The molecule has 0 heteroatoms. The second kappa shape index (κ2) is 4.84. The summed E-state index contributed by atoms with van der Waals surface area (Å²) in [6.07, 6.45) is 0. The molecule has 0 fully saturated rings. The topological polar surface area (TPSA) is 0 Å². The van der Waals surface area contributed by atoms with E-state index in [1.165, 1.54) is 32.7 Å². The largest absolute Gasteiger partial charge is 0.0579 e. The van der Waals surface area contributed by atoms with E-state index in [-0.39, 0.29) is 10.8 Å². The van der Waals surface area contributed by atoms with Gasteiger partial charge in [-0.25, -0.2) is 0 Å². The maximum Gasteiger partial charge on any atom is -0.0102 e. The van der Waals surface area contributed by atoms with E-state index in [1.807, 2.05) is 0 Å². The highest BCUT2D eigenvalue weighted by molar-refractivity contribution is 6.07. The summed E-state index contributed by atoms with van der Waals surface area (Å²) in [6.45, 7) is 13.6. The van der Waals surface area contributed by atoms with Crippen molar-refractivity contribution < 1.29 is 0 Å². The summed E-state index contributed by atoms with van der Waals surface area (Å²) in [5.41, 5.74) is 3.16. The lowest BCUT2D eigenvalue weighted by Crippen LogP contribution is -2.11. The Morgan fingerprint density at radius 1 is 0.500 bits per heavy atom. The number of hydrogen-bond acceptors (Lipinski definition) is 0. The predicted octanol–water partition coefficient (Wildman–Crippen LogP) is 6.59. The molecular weight excluding hydrogens is 264 g/mol. The average molecular weight is 290 g/mol. The maximum absolute atomic E-state index is 2.37. The highest BCUT2D eigenvalue weighted by Gasteiger charge is 2.16. The van der Waals surface area contributed by atoms with E-state index in [9.17, 15) is 0 Å². The molecule has 3 aromatic carbocycles. The minimum Gasteiger partial charge on any atom is -0.0579 e. The van der Waals surface area contributed by atoms with Gasteiger partial charge in [0.15, 0.2) is 0 Å². The van der Waals surface area contributed by atoms with Gasteiger partial charge >= 0.3 is 0 Å². The molecule has 0 bridgehead atoms. The first-order chi connectivity index (χ1) is 10.2. The smallest absolute Gasteiger partial charge is 0.0102 e. The van der Waals surface area contributed by atoms with Gasteiger partial charge in [-0.2, -0.15) is 0 Å². The molecule has 0 nitrogen and oxygen atoms in total. The Labute approximate surface area is 134 Å². The molecule has 0 saturated carbocycles. The highest BCUT2D eigenvalue weighted by Crippen LogP contribution is 2.33. The first-order valence-corrected chi connectivity index (χ1v) is 8.14. The third-order valence-corrected chi connectivity index (χ3v) is 4.57. The van der Waals surface area contributed by atoms with E-state index < -0.39 is 0 Å². The lowest BCUT2D eigenvalue weighted by molar-refractivity contribution is 0.591. The van der Waals surface area contributed by atoms with Crippen molar-refractivity contribution in [2.45, 2.75) is 52.4 Å². The van der Waals surface area contributed by atoms with Crippen LogP contribution >= 0.6 is 0 Å². The van der Waals surface area contributed by atoms with E-state index in [0.717, 1.165) is 0 Å². The molecule has 0 aliphatic carbocycles. The van der Waals surface area contributed by atoms with Crippen molar-refractivity contribution in [2.75, 3.05) is 0 Å². The van der Waals surface area contributed by atoms with Crippen LogP contribution in [-0.4, -0.2) is 0 Å². The molecule has 0 heterocycles. The number of benzene rings is 3. The molecule has 0 aliphatic heterocycles. The van der Waals surface area contributed by atoms with Gasteiger partial charge in [0.2, 0.25) is 0 Å². The number of rotatable bonds is 0. The molecule has 0 atom stereocenters. The van der Waals surface area contributed by atoms with Gasteiger partial charge < -0.3 is 0 Å². The van der Waals surface area contributed by atoms with Gasteiger partial charge in [0.25, 0.3) is 0 Å². The molecule has 3 rings (SSSR count). The quantitative estimate of drug-likeness (QED) is 0.410. The Hall–Kier alpha value is -1.82. The normalized spacial score (nSPS) is 13.0. The van der Waals surface area contributed by atoms with E-state index in [1.54, 1.807) is 0 Å². The van der Waals surface area contributed by atoms with Crippen molar-refractivity contribution >= 4 is 21.5 Å². The molecule has 0 unspecified atom stereocenters. The molecular formula is C22H26. The van der Waals surface area contributed by atoms with Crippen molar-refractivity contribution in [1.29, 1.82) is 0 Å². The van der Waals surface area contributed by atoms with Crippen LogP contribution < -0.4 is 0 Å². The Morgan fingerprint density at radius 3 is 1.64 bits per heavy atom. The van der Waals surface area contributed by atoms with Crippen LogP contribution in [0.25, 0.3) is 21.5 Å². The van der Waals surface area contributed by atoms with Gasteiger partial charge in [-0.15, -0.1) is 0 Å². The van der Waals surface area contributed by atoms with Gasteiger partial charge in [0.05, 0.1) is 0 Å². The van der Waals surface area contributed by atoms with Gasteiger partial charge in [-0.3, -0.25) is 0 Å². The summed E-state index contributed by atoms with van der Waals surface area (Å²) in [7, 11) is 0. The van der Waals surface area contributed by atoms with E-state index in [0.29, 0.717) is 0 Å². The first kappa shape index (κ1) is 15.1. The highest BCUT2D eigenvalue weighted by atomic mass is 14.2. The Balaban J connectivity index is 2.30. The fraction of sp³-hybridized carbons (Fsp3) is 0.364. The van der Waals surface area contributed by atoms with Crippen molar-refractivity contribution in [3.05, 3.63) is 59.7 Å². The number of hydrogen-bond donors (Lipinski definition) is 0. The molecule has 114 valence electrons. The third kappa shape index (κ3) is 2.63. The minimum absolute atomic E-state index is 0.182. The minimum atomic E-state index is 0.182. The Kier molecular flexibility index (Phi) is 3.32. The zero-order valence-corrected chi connectivity index (χ0v) is 14.6. The van der Waals surface area contributed by atoms with Crippen molar-refractivity contribution in [1.82, 2.24) is 0 Å². The summed E-state index contributed by atoms with van der Waals surface area (Å²) in [6, 6.07) is 18.3. The van der Waals surface area contributed by atoms with Crippen LogP contribution in [0.3, 0.4) is 0 Å². The van der Waals surface area contributed by atoms with Crippen LogP contribution in [0.2, 0.25) is 0 Å². The summed E-state index contributed by atoms with van der Waals surface area (Å²) >= 11 is 0. The van der Waals surface area contributed by atoms with Crippen LogP contribution in [0.5, 0.6) is 0 Å². The SMILES string of the molecule is CC(C)(C)c1ccc2c(ccc3ccc(C(C)(C)C)cc32)c1. The molecule has 0 radical (unpaired) electrons. The fourth-order valence-electron chi connectivity index (χ4n) is 2.99.